The number of hydrogen-bond acceptors (Lipinski definition) is 3. The fourth-order valence-electron chi connectivity index (χ4n) is 2.48. The molecule has 0 saturated heterocycles. The van der Waals surface area contributed by atoms with Crippen molar-refractivity contribution < 1.29 is 4.79 Å². The third kappa shape index (κ3) is 4.94. The number of nitrogens with two attached hydrogens (primary N) is 1. The zero-order chi connectivity index (χ0) is 15.1. The molecule has 1 rings (SSSR count). The van der Waals surface area contributed by atoms with Crippen LogP contribution in [0, 0.1) is 0 Å². The molecular formula is C16H27N3O. The van der Waals surface area contributed by atoms with Gasteiger partial charge in [-0.3, -0.25) is 4.79 Å². The fourth-order valence-corrected chi connectivity index (χ4v) is 2.48. The summed E-state index contributed by atoms with van der Waals surface area (Å²) in [5, 5.41) is 0. The van der Waals surface area contributed by atoms with E-state index >= 15 is 0 Å². The molecule has 4 heteroatoms. The average molecular weight is 277 g/mol. The zero-order valence-corrected chi connectivity index (χ0v) is 13.0. The van der Waals surface area contributed by atoms with Crippen molar-refractivity contribution in [2.45, 2.75) is 32.4 Å². The third-order valence-corrected chi connectivity index (χ3v) is 3.40. The molecule has 0 aliphatic heterocycles. The normalized spacial score (nSPS) is 14.1. The van der Waals surface area contributed by atoms with Gasteiger partial charge >= 0.3 is 0 Å². The van der Waals surface area contributed by atoms with Crippen LogP contribution in [0.5, 0.6) is 0 Å². The Bertz CT molecular complexity index is 405. The first kappa shape index (κ1) is 16.7. The van der Waals surface area contributed by atoms with Gasteiger partial charge in [-0.25, -0.2) is 0 Å². The van der Waals surface area contributed by atoms with E-state index in [-0.39, 0.29) is 11.9 Å². The van der Waals surface area contributed by atoms with Crippen LogP contribution in [0.25, 0.3) is 0 Å². The van der Waals surface area contributed by atoms with Crippen molar-refractivity contribution in [3.05, 3.63) is 35.9 Å². The van der Waals surface area contributed by atoms with Crippen LogP contribution in [0.15, 0.2) is 30.3 Å². The van der Waals surface area contributed by atoms with E-state index in [1.54, 1.807) is 0 Å². The summed E-state index contributed by atoms with van der Waals surface area (Å²) < 4.78 is 0. The highest BCUT2D eigenvalue weighted by atomic mass is 16.2. The van der Waals surface area contributed by atoms with Gasteiger partial charge in [0.2, 0.25) is 5.91 Å². The highest BCUT2D eigenvalue weighted by molar-refractivity contribution is 5.82. The molecule has 0 fully saturated rings. The van der Waals surface area contributed by atoms with E-state index in [1.165, 1.54) is 0 Å². The third-order valence-electron chi connectivity index (χ3n) is 3.40. The predicted octanol–water partition coefficient (Wildman–Crippen LogP) is 1.35. The van der Waals surface area contributed by atoms with E-state index in [9.17, 15) is 4.79 Å². The molecule has 0 aliphatic rings. The van der Waals surface area contributed by atoms with Crippen LogP contribution < -0.4 is 5.73 Å². The Hall–Kier alpha value is -1.39. The minimum Gasteiger partial charge on any atom is -0.338 e. The maximum atomic E-state index is 12.5. The second kappa shape index (κ2) is 8.02. The Morgan fingerprint density at radius 2 is 1.85 bits per heavy atom. The lowest BCUT2D eigenvalue weighted by Gasteiger charge is -2.32. The standard InChI is InChI=1S/C16H27N3O/c1-5-19(13(2)12-18(3)4)16(20)15(17)11-14-9-7-6-8-10-14/h6-10,13,15H,5,11-12,17H2,1-4H3/t13?,15-/m0/s1. The first-order valence-corrected chi connectivity index (χ1v) is 7.20. The largest absolute Gasteiger partial charge is 0.338 e. The van der Waals surface area contributed by atoms with Gasteiger partial charge in [-0.15, -0.1) is 0 Å². The number of carbonyl (C=O) groups is 1. The lowest BCUT2D eigenvalue weighted by molar-refractivity contribution is -0.134. The van der Waals surface area contributed by atoms with Crippen molar-refractivity contribution >= 4 is 5.91 Å². The Balaban J connectivity index is 2.65. The fraction of sp³-hybridized carbons (Fsp3) is 0.562. The van der Waals surface area contributed by atoms with Crippen LogP contribution in [0.4, 0.5) is 0 Å². The number of likely N-dealkylation sites (N-methyl/N-ethyl adjacent to an activating group) is 2. The SMILES string of the molecule is CCN(C(=O)[C@@H](N)Cc1ccccc1)C(C)CN(C)C. The van der Waals surface area contributed by atoms with Crippen molar-refractivity contribution in [3.8, 4) is 0 Å². The van der Waals surface area contributed by atoms with Gasteiger partial charge in [-0.1, -0.05) is 30.3 Å². The zero-order valence-electron chi connectivity index (χ0n) is 13.0. The number of hydrogen-bond donors (Lipinski definition) is 1. The first-order chi connectivity index (χ1) is 9.45. The lowest BCUT2D eigenvalue weighted by Crippen LogP contribution is -2.51. The van der Waals surface area contributed by atoms with E-state index in [0.29, 0.717) is 13.0 Å². The summed E-state index contributed by atoms with van der Waals surface area (Å²) in [6.07, 6.45) is 0.588. The Morgan fingerprint density at radius 1 is 1.25 bits per heavy atom. The number of carbonyl (C=O) groups excluding carboxylic acids is 1. The van der Waals surface area contributed by atoms with E-state index < -0.39 is 6.04 Å². The summed E-state index contributed by atoms with van der Waals surface area (Å²) >= 11 is 0. The van der Waals surface area contributed by atoms with Crippen LogP contribution in [-0.4, -0.2) is 55.0 Å². The maximum Gasteiger partial charge on any atom is 0.240 e. The topological polar surface area (TPSA) is 49.6 Å². The molecule has 0 bridgehead atoms. The molecule has 0 radical (unpaired) electrons. The molecule has 1 unspecified atom stereocenters. The van der Waals surface area contributed by atoms with Gasteiger partial charge in [-0.2, -0.15) is 0 Å². The minimum absolute atomic E-state index is 0.0331. The van der Waals surface area contributed by atoms with Gasteiger partial charge in [0.15, 0.2) is 0 Å². The second-order valence-electron chi connectivity index (χ2n) is 5.53. The molecule has 2 N–H and O–H groups in total. The summed E-state index contributed by atoms with van der Waals surface area (Å²) in [4.78, 5) is 16.4. The molecule has 1 aromatic carbocycles. The molecule has 0 aromatic heterocycles. The Morgan fingerprint density at radius 3 is 2.35 bits per heavy atom. The van der Waals surface area contributed by atoms with Crippen LogP contribution in [0.3, 0.4) is 0 Å². The lowest BCUT2D eigenvalue weighted by atomic mass is 10.0. The number of rotatable bonds is 7. The summed E-state index contributed by atoms with van der Waals surface area (Å²) in [7, 11) is 4.03. The second-order valence-corrected chi connectivity index (χ2v) is 5.53. The molecule has 20 heavy (non-hydrogen) atoms. The van der Waals surface area contributed by atoms with E-state index in [2.05, 4.69) is 11.8 Å². The van der Waals surface area contributed by atoms with Crippen molar-refractivity contribution in [3.63, 3.8) is 0 Å². The minimum atomic E-state index is -0.470. The quantitative estimate of drug-likeness (QED) is 0.818. The van der Waals surface area contributed by atoms with Gasteiger partial charge in [0.25, 0.3) is 0 Å². The first-order valence-electron chi connectivity index (χ1n) is 7.20. The van der Waals surface area contributed by atoms with E-state index in [0.717, 1.165) is 12.1 Å². The summed E-state index contributed by atoms with van der Waals surface area (Å²) in [6.45, 7) is 5.60. The number of benzene rings is 1. The summed E-state index contributed by atoms with van der Waals surface area (Å²) in [5.74, 6) is 0.0331. The summed E-state index contributed by atoms with van der Waals surface area (Å²) in [5.41, 5.74) is 7.19. The predicted molar refractivity (Wildman–Crippen MR) is 83.5 cm³/mol. The van der Waals surface area contributed by atoms with Crippen molar-refractivity contribution in [2.75, 3.05) is 27.2 Å². The molecule has 112 valence electrons. The Labute approximate surface area is 122 Å². The maximum absolute atomic E-state index is 12.5. The highest BCUT2D eigenvalue weighted by Gasteiger charge is 2.24. The molecule has 0 spiro atoms. The smallest absolute Gasteiger partial charge is 0.240 e. The highest BCUT2D eigenvalue weighted by Crippen LogP contribution is 2.07. The Kier molecular flexibility index (Phi) is 6.68. The van der Waals surface area contributed by atoms with Crippen LogP contribution in [0.2, 0.25) is 0 Å². The van der Waals surface area contributed by atoms with Crippen molar-refractivity contribution in [1.29, 1.82) is 0 Å². The van der Waals surface area contributed by atoms with Gasteiger partial charge in [0.1, 0.15) is 0 Å². The van der Waals surface area contributed by atoms with E-state index in [4.69, 9.17) is 5.73 Å². The van der Waals surface area contributed by atoms with Gasteiger partial charge in [0, 0.05) is 19.1 Å². The molecule has 2 atom stereocenters. The monoisotopic (exact) mass is 277 g/mol. The number of amides is 1. The number of nitrogens with zero attached hydrogens (tertiary/aromatic N) is 2. The molecule has 1 amide bonds. The van der Waals surface area contributed by atoms with Crippen molar-refractivity contribution in [1.82, 2.24) is 9.80 Å². The average Bonchev–Trinajstić information content (AvgIpc) is 2.39. The molecule has 4 nitrogen and oxygen atoms in total. The van der Waals surface area contributed by atoms with Gasteiger partial charge < -0.3 is 15.5 Å². The molecule has 0 saturated carbocycles. The van der Waals surface area contributed by atoms with Crippen molar-refractivity contribution in [2.24, 2.45) is 5.73 Å². The molecule has 0 aliphatic carbocycles. The van der Waals surface area contributed by atoms with Crippen LogP contribution in [-0.2, 0) is 11.2 Å². The van der Waals surface area contributed by atoms with Gasteiger partial charge in [0.05, 0.1) is 6.04 Å². The molecular weight excluding hydrogens is 250 g/mol. The van der Waals surface area contributed by atoms with E-state index in [1.807, 2.05) is 56.3 Å². The van der Waals surface area contributed by atoms with Crippen LogP contribution >= 0.6 is 0 Å². The van der Waals surface area contributed by atoms with Crippen LogP contribution in [0.1, 0.15) is 19.4 Å². The van der Waals surface area contributed by atoms with Gasteiger partial charge in [-0.05, 0) is 39.9 Å². The summed E-state index contributed by atoms with van der Waals surface area (Å²) in [6, 6.07) is 9.62. The molecule has 1 aromatic rings. The molecule has 0 heterocycles.